The number of benzene rings is 2. The number of fused-ring (bicyclic) bond motifs is 1. The van der Waals surface area contributed by atoms with Crippen molar-refractivity contribution in [2.45, 2.75) is 12.8 Å². The molecular weight excluding hydrogens is 412 g/mol. The van der Waals surface area contributed by atoms with Crippen molar-refractivity contribution < 1.29 is 9.90 Å². The highest BCUT2D eigenvalue weighted by molar-refractivity contribution is 7.19. The number of aromatic nitrogens is 2. The van der Waals surface area contributed by atoms with Crippen LogP contribution in [0.4, 0.5) is 0 Å². The van der Waals surface area contributed by atoms with Gasteiger partial charge < -0.3 is 5.11 Å². The molecule has 140 valence electrons. The third kappa shape index (κ3) is 4.30. The summed E-state index contributed by atoms with van der Waals surface area (Å²) in [5, 5.41) is 13.5. The van der Waals surface area contributed by atoms with Gasteiger partial charge in [-0.05, 0) is 42.3 Å². The van der Waals surface area contributed by atoms with Crippen LogP contribution in [0.5, 0.6) is 0 Å². The highest BCUT2D eigenvalue weighted by Gasteiger charge is 2.12. The summed E-state index contributed by atoms with van der Waals surface area (Å²) in [4.78, 5) is 20.5. The maximum atomic E-state index is 11.1. The van der Waals surface area contributed by atoms with Crippen LogP contribution in [0.3, 0.4) is 0 Å². The van der Waals surface area contributed by atoms with Crippen molar-refractivity contribution in [2.75, 3.05) is 0 Å². The lowest BCUT2D eigenvalue weighted by atomic mass is 10.1. The number of aliphatic carboxylic acids is 1. The lowest BCUT2D eigenvalue weighted by Gasteiger charge is -2.01. The summed E-state index contributed by atoms with van der Waals surface area (Å²) < 4.78 is 1.08. The van der Waals surface area contributed by atoms with Crippen LogP contribution < -0.4 is 0 Å². The monoisotopic (exact) mass is 426 g/mol. The molecule has 0 fully saturated rings. The first-order chi connectivity index (χ1) is 13.6. The Morgan fingerprint density at radius 3 is 2.61 bits per heavy atom. The molecule has 7 heteroatoms. The Morgan fingerprint density at radius 2 is 1.86 bits per heavy atom. The quantitative estimate of drug-likeness (QED) is 0.383. The van der Waals surface area contributed by atoms with Crippen molar-refractivity contribution in [3.8, 4) is 10.6 Å². The molecule has 0 spiro atoms. The van der Waals surface area contributed by atoms with E-state index in [2.05, 4.69) is 9.97 Å². The van der Waals surface area contributed by atoms with Crippen LogP contribution in [0.15, 0.2) is 53.9 Å². The van der Waals surface area contributed by atoms with Crippen molar-refractivity contribution >= 4 is 62.1 Å². The van der Waals surface area contributed by atoms with E-state index in [1.807, 2.05) is 60.0 Å². The van der Waals surface area contributed by atoms with E-state index in [1.165, 1.54) is 0 Å². The van der Waals surface area contributed by atoms with Crippen LogP contribution in [0.1, 0.15) is 23.5 Å². The van der Waals surface area contributed by atoms with Crippen molar-refractivity contribution in [1.29, 1.82) is 0 Å². The first-order valence-electron chi connectivity index (χ1n) is 8.58. The fourth-order valence-corrected chi connectivity index (χ4v) is 4.67. The second-order valence-corrected chi connectivity index (χ2v) is 8.46. The molecular formula is C21H15ClN2O2S2. The number of hydrogen-bond donors (Lipinski definition) is 1. The molecule has 0 unspecified atom stereocenters. The first-order valence-corrected chi connectivity index (χ1v) is 10.7. The average Bonchev–Trinajstić information content (AvgIpc) is 3.32. The Balaban J connectivity index is 1.68. The molecule has 4 nitrogen and oxygen atoms in total. The van der Waals surface area contributed by atoms with Gasteiger partial charge in [-0.3, -0.25) is 4.79 Å². The minimum absolute atomic E-state index is 0.0515. The van der Waals surface area contributed by atoms with Gasteiger partial charge in [0.25, 0.3) is 0 Å². The minimum Gasteiger partial charge on any atom is -0.481 e. The number of thiazole rings is 2. The van der Waals surface area contributed by atoms with Crippen molar-refractivity contribution in [3.63, 3.8) is 0 Å². The summed E-state index contributed by atoms with van der Waals surface area (Å²) in [7, 11) is 0. The minimum atomic E-state index is -0.827. The molecule has 0 atom stereocenters. The maximum absolute atomic E-state index is 11.1. The van der Waals surface area contributed by atoms with Gasteiger partial charge in [0.15, 0.2) is 0 Å². The number of para-hydroxylation sites is 1. The standard InChI is InChI=1S/C21H15ClN2O2S2/c22-15-8-5-13(6-9-15)20-23-16(12-27-20)11-14(7-10-19(25)26)21-24-17-3-1-2-4-18(17)28-21/h1-6,8-9,11-12H,7,10H2,(H,25,26)/b14-11-. The fourth-order valence-electron chi connectivity index (χ4n) is 2.75. The molecule has 4 rings (SSSR count). The van der Waals surface area contributed by atoms with Crippen LogP contribution in [0.2, 0.25) is 5.02 Å². The van der Waals surface area contributed by atoms with Crippen LogP contribution in [-0.4, -0.2) is 21.0 Å². The Hall–Kier alpha value is -2.54. The fraction of sp³-hybridized carbons (Fsp3) is 0.0952. The van der Waals surface area contributed by atoms with Gasteiger partial charge in [-0.2, -0.15) is 0 Å². The Morgan fingerprint density at radius 1 is 1.07 bits per heavy atom. The van der Waals surface area contributed by atoms with Crippen molar-refractivity contribution in [2.24, 2.45) is 0 Å². The van der Waals surface area contributed by atoms with E-state index in [0.29, 0.717) is 11.4 Å². The average molecular weight is 427 g/mol. The first kappa shape index (κ1) is 18.8. The zero-order chi connectivity index (χ0) is 19.5. The van der Waals surface area contributed by atoms with Gasteiger partial charge in [0.05, 0.1) is 15.9 Å². The molecule has 0 aliphatic rings. The third-order valence-corrected chi connectivity index (χ3v) is 6.39. The van der Waals surface area contributed by atoms with E-state index in [1.54, 1.807) is 22.7 Å². The van der Waals surface area contributed by atoms with Gasteiger partial charge in [-0.1, -0.05) is 35.9 Å². The third-order valence-electron chi connectivity index (χ3n) is 4.11. The number of allylic oxidation sites excluding steroid dienone is 1. The van der Waals surface area contributed by atoms with Gasteiger partial charge >= 0.3 is 5.97 Å². The predicted molar refractivity (Wildman–Crippen MR) is 117 cm³/mol. The summed E-state index contributed by atoms with van der Waals surface area (Å²) >= 11 is 9.07. The highest BCUT2D eigenvalue weighted by atomic mass is 35.5. The molecule has 0 amide bonds. The summed E-state index contributed by atoms with van der Waals surface area (Å²) in [6.45, 7) is 0. The Kier molecular flexibility index (Phi) is 5.52. The SMILES string of the molecule is O=C(O)CC/C(=C/c1csc(-c2ccc(Cl)cc2)n1)c1nc2ccccc2s1. The van der Waals surface area contributed by atoms with Gasteiger partial charge in [0.1, 0.15) is 10.0 Å². The van der Waals surface area contributed by atoms with E-state index < -0.39 is 5.97 Å². The molecule has 28 heavy (non-hydrogen) atoms. The number of nitrogens with zero attached hydrogens (tertiary/aromatic N) is 2. The number of carboxylic acid groups (broad SMARTS) is 1. The second-order valence-electron chi connectivity index (χ2n) is 6.13. The zero-order valence-corrected chi connectivity index (χ0v) is 17.0. The molecule has 0 bridgehead atoms. The van der Waals surface area contributed by atoms with E-state index in [0.717, 1.165) is 37.1 Å². The van der Waals surface area contributed by atoms with E-state index >= 15 is 0 Å². The van der Waals surface area contributed by atoms with Crippen LogP contribution in [0, 0.1) is 0 Å². The molecule has 0 aliphatic carbocycles. The number of hydrogen-bond acceptors (Lipinski definition) is 5. The van der Waals surface area contributed by atoms with Gasteiger partial charge in [-0.15, -0.1) is 22.7 Å². The summed E-state index contributed by atoms with van der Waals surface area (Å²) in [6, 6.07) is 15.5. The van der Waals surface area contributed by atoms with E-state index in [-0.39, 0.29) is 6.42 Å². The van der Waals surface area contributed by atoms with Crippen LogP contribution in [-0.2, 0) is 4.79 Å². The predicted octanol–water partition coefficient (Wildman–Crippen LogP) is 6.48. The normalized spacial score (nSPS) is 11.8. The molecule has 0 saturated carbocycles. The van der Waals surface area contributed by atoms with Crippen molar-refractivity contribution in [3.05, 3.63) is 69.6 Å². The molecule has 0 saturated heterocycles. The molecule has 4 aromatic rings. The number of rotatable bonds is 6. The number of halogens is 1. The van der Waals surface area contributed by atoms with Crippen molar-refractivity contribution in [1.82, 2.24) is 9.97 Å². The summed E-state index contributed by atoms with van der Waals surface area (Å²) in [5.74, 6) is -0.827. The van der Waals surface area contributed by atoms with E-state index in [9.17, 15) is 4.79 Å². The maximum Gasteiger partial charge on any atom is 0.303 e. The van der Waals surface area contributed by atoms with Crippen LogP contribution >= 0.6 is 34.3 Å². The summed E-state index contributed by atoms with van der Waals surface area (Å²) in [6.07, 6.45) is 2.40. The largest absolute Gasteiger partial charge is 0.481 e. The molecule has 2 heterocycles. The van der Waals surface area contributed by atoms with Gasteiger partial charge in [0.2, 0.25) is 0 Å². The van der Waals surface area contributed by atoms with E-state index in [4.69, 9.17) is 16.7 Å². The highest BCUT2D eigenvalue weighted by Crippen LogP contribution is 2.32. The molecule has 0 radical (unpaired) electrons. The van der Waals surface area contributed by atoms with Gasteiger partial charge in [0, 0.05) is 22.4 Å². The smallest absolute Gasteiger partial charge is 0.303 e. The number of carboxylic acids is 1. The topological polar surface area (TPSA) is 63.1 Å². The molecule has 1 N–H and O–H groups in total. The lowest BCUT2D eigenvalue weighted by Crippen LogP contribution is -1.95. The van der Waals surface area contributed by atoms with Gasteiger partial charge in [-0.25, -0.2) is 9.97 Å². The number of carbonyl (C=O) groups is 1. The molecule has 2 aromatic carbocycles. The zero-order valence-electron chi connectivity index (χ0n) is 14.6. The Bertz CT molecular complexity index is 1130. The summed E-state index contributed by atoms with van der Waals surface area (Å²) in [5.41, 5.74) is 3.61. The Labute approximate surface area is 174 Å². The second kappa shape index (κ2) is 8.22. The lowest BCUT2D eigenvalue weighted by molar-refractivity contribution is -0.136. The molecule has 0 aliphatic heterocycles. The molecule has 2 aromatic heterocycles. The van der Waals surface area contributed by atoms with Crippen LogP contribution in [0.25, 0.3) is 32.4 Å².